The highest BCUT2D eigenvalue weighted by Gasteiger charge is 2.39. The quantitative estimate of drug-likeness (QED) is 0.389. The molecule has 0 bridgehead atoms. The van der Waals surface area contributed by atoms with Gasteiger partial charge in [0.15, 0.2) is 0 Å². The van der Waals surface area contributed by atoms with E-state index in [1.54, 1.807) is 63.2 Å². The second-order valence-corrected chi connectivity index (χ2v) is 10.3. The lowest BCUT2D eigenvalue weighted by molar-refractivity contribution is -0.136. The van der Waals surface area contributed by atoms with E-state index in [1.807, 2.05) is 0 Å². The predicted octanol–water partition coefficient (Wildman–Crippen LogP) is 3.53. The van der Waals surface area contributed by atoms with Crippen LogP contribution in [-0.2, 0) is 20.9 Å². The van der Waals surface area contributed by atoms with Crippen LogP contribution in [0.5, 0.6) is 0 Å². The fourth-order valence-corrected chi connectivity index (χ4v) is 4.60. The van der Waals surface area contributed by atoms with Crippen LogP contribution in [0.2, 0.25) is 0 Å². The first-order valence-electron chi connectivity index (χ1n) is 12.2. The Morgan fingerprint density at radius 3 is 2.47 bits per heavy atom. The second kappa shape index (κ2) is 9.33. The summed E-state index contributed by atoms with van der Waals surface area (Å²) in [5.74, 6) is -1.47. The lowest BCUT2D eigenvalue weighted by Gasteiger charge is -2.29. The number of nitrogens with one attached hydrogen (secondary N) is 4. The lowest BCUT2D eigenvalue weighted by atomic mass is 10.0. The van der Waals surface area contributed by atoms with Crippen LogP contribution in [0.4, 0.5) is 16.2 Å². The first-order chi connectivity index (χ1) is 18.0. The third-order valence-corrected chi connectivity index (χ3v) is 6.29. The Morgan fingerprint density at radius 1 is 1.00 bits per heavy atom. The number of carbonyl (C=O) groups excluding carboxylic acids is 5. The molecule has 1 saturated heterocycles. The number of rotatable bonds is 4. The molecule has 2 aromatic carbocycles. The van der Waals surface area contributed by atoms with Crippen LogP contribution in [0, 0.1) is 0 Å². The molecule has 2 aliphatic heterocycles. The number of ether oxygens (including phenoxy) is 1. The van der Waals surface area contributed by atoms with Gasteiger partial charge in [-0.3, -0.25) is 29.8 Å². The highest BCUT2D eigenvalue weighted by atomic mass is 16.6. The Kier molecular flexibility index (Phi) is 6.14. The van der Waals surface area contributed by atoms with Gasteiger partial charge < -0.3 is 19.9 Å². The van der Waals surface area contributed by atoms with Crippen molar-refractivity contribution in [3.8, 4) is 0 Å². The van der Waals surface area contributed by atoms with Gasteiger partial charge in [-0.1, -0.05) is 0 Å². The van der Waals surface area contributed by atoms with E-state index in [4.69, 9.17) is 4.74 Å². The van der Waals surface area contributed by atoms with Crippen molar-refractivity contribution in [2.75, 3.05) is 10.6 Å². The van der Waals surface area contributed by atoms with E-state index in [1.165, 1.54) is 4.90 Å². The van der Waals surface area contributed by atoms with E-state index in [-0.39, 0.29) is 37.1 Å². The van der Waals surface area contributed by atoms with Gasteiger partial charge in [0, 0.05) is 40.8 Å². The minimum Gasteiger partial charge on any atom is -0.444 e. The Hall–Kier alpha value is -4.67. The van der Waals surface area contributed by atoms with E-state index in [0.29, 0.717) is 33.7 Å². The number of anilines is 2. The van der Waals surface area contributed by atoms with E-state index in [0.717, 1.165) is 5.39 Å². The van der Waals surface area contributed by atoms with Crippen molar-refractivity contribution in [1.82, 2.24) is 15.2 Å². The van der Waals surface area contributed by atoms with E-state index >= 15 is 0 Å². The Balaban J connectivity index is 1.27. The number of benzene rings is 2. The van der Waals surface area contributed by atoms with Crippen LogP contribution in [0.15, 0.2) is 42.5 Å². The van der Waals surface area contributed by atoms with Crippen LogP contribution in [0.25, 0.3) is 10.9 Å². The minimum absolute atomic E-state index is 0.181. The van der Waals surface area contributed by atoms with E-state index in [9.17, 15) is 24.0 Å². The number of hydrogen-bond acceptors (Lipinski definition) is 6. The number of aromatic amines is 1. The maximum absolute atomic E-state index is 13.0. The van der Waals surface area contributed by atoms with Crippen LogP contribution in [0.3, 0.4) is 0 Å². The number of amides is 5. The fourth-order valence-electron chi connectivity index (χ4n) is 4.60. The summed E-state index contributed by atoms with van der Waals surface area (Å²) in [5.41, 5.74) is 2.58. The van der Waals surface area contributed by atoms with Crippen molar-refractivity contribution in [3.05, 3.63) is 59.3 Å². The molecule has 1 unspecified atom stereocenters. The smallest absolute Gasteiger partial charge is 0.412 e. The summed E-state index contributed by atoms with van der Waals surface area (Å²) in [5, 5.41) is 8.52. The van der Waals surface area contributed by atoms with Gasteiger partial charge in [-0.2, -0.15) is 0 Å². The van der Waals surface area contributed by atoms with Gasteiger partial charge in [-0.25, -0.2) is 4.79 Å². The number of hydrogen-bond donors (Lipinski definition) is 4. The zero-order chi connectivity index (χ0) is 27.2. The summed E-state index contributed by atoms with van der Waals surface area (Å²) >= 11 is 0. The summed E-state index contributed by atoms with van der Waals surface area (Å²) in [7, 11) is 0. The maximum atomic E-state index is 13.0. The second-order valence-electron chi connectivity index (χ2n) is 10.3. The van der Waals surface area contributed by atoms with Gasteiger partial charge in [0.25, 0.3) is 11.8 Å². The summed E-state index contributed by atoms with van der Waals surface area (Å²) in [4.78, 5) is 66.1. The van der Waals surface area contributed by atoms with Crippen LogP contribution < -0.4 is 16.0 Å². The van der Waals surface area contributed by atoms with Crippen molar-refractivity contribution >= 4 is 52.0 Å². The molecule has 38 heavy (non-hydrogen) atoms. The molecule has 11 nitrogen and oxygen atoms in total. The molecule has 3 heterocycles. The molecule has 1 atom stereocenters. The summed E-state index contributed by atoms with van der Waals surface area (Å²) < 4.78 is 5.27. The minimum atomic E-state index is -0.702. The zero-order valence-corrected chi connectivity index (χ0v) is 21.1. The largest absolute Gasteiger partial charge is 0.444 e. The first-order valence-corrected chi connectivity index (χ1v) is 12.2. The molecular formula is C27H27N5O6. The van der Waals surface area contributed by atoms with Gasteiger partial charge in [-0.15, -0.1) is 0 Å². The molecule has 11 heteroatoms. The monoisotopic (exact) mass is 517 g/mol. The molecule has 0 spiro atoms. The molecule has 2 aliphatic rings. The van der Waals surface area contributed by atoms with Gasteiger partial charge in [0.2, 0.25) is 11.8 Å². The number of aromatic nitrogens is 1. The molecule has 196 valence electrons. The third kappa shape index (κ3) is 5.08. The molecule has 1 aromatic heterocycles. The van der Waals surface area contributed by atoms with E-state index < -0.39 is 23.6 Å². The van der Waals surface area contributed by atoms with Crippen LogP contribution in [-0.4, -0.2) is 51.2 Å². The van der Waals surface area contributed by atoms with Crippen molar-refractivity contribution in [2.45, 2.75) is 51.8 Å². The zero-order valence-electron chi connectivity index (χ0n) is 21.1. The number of piperidine rings is 1. The normalized spacial score (nSPS) is 17.3. The van der Waals surface area contributed by atoms with Gasteiger partial charge in [-0.05, 0) is 75.2 Å². The summed E-state index contributed by atoms with van der Waals surface area (Å²) in [6, 6.07) is 11.1. The number of imide groups is 1. The molecule has 4 N–H and O–H groups in total. The van der Waals surface area contributed by atoms with Crippen molar-refractivity contribution in [1.29, 1.82) is 0 Å². The Bertz CT molecular complexity index is 1500. The Labute approximate surface area is 217 Å². The fraction of sp³-hybridized carbons (Fsp3) is 0.296. The molecule has 1 fully saturated rings. The lowest BCUT2D eigenvalue weighted by Crippen LogP contribution is -2.52. The molecule has 5 rings (SSSR count). The van der Waals surface area contributed by atoms with Crippen molar-refractivity contribution < 1.29 is 28.7 Å². The molecule has 0 radical (unpaired) electrons. The molecule has 5 amide bonds. The number of carbonyl (C=O) groups is 5. The van der Waals surface area contributed by atoms with Gasteiger partial charge >= 0.3 is 6.09 Å². The standard InChI is InChI=1S/C27H27N5O6/c1-27(2,3)38-26(37)29-17-5-7-19-14(10-17)12-20(30-19)23(34)28-16-4-6-18-15(11-16)13-32(25(18)36)21-8-9-22(33)31-24(21)35/h4-7,10-12,21,30H,8-9,13H2,1-3H3,(H,28,34)(H,29,37)(H,31,33,35). The summed E-state index contributed by atoms with van der Waals surface area (Å²) in [6.07, 6.45) is -0.110. The average Bonchev–Trinajstić information content (AvgIpc) is 3.38. The SMILES string of the molecule is CC(C)(C)OC(=O)Nc1ccc2[nH]c(C(=O)Nc3ccc4c(c3)CN(C3CCC(=O)NC3=O)C4=O)cc2c1. The first kappa shape index (κ1) is 25.0. The molecule has 3 aromatic rings. The van der Waals surface area contributed by atoms with Crippen LogP contribution >= 0.6 is 0 Å². The molecule has 0 aliphatic carbocycles. The number of nitrogens with zero attached hydrogens (tertiary/aromatic N) is 1. The topological polar surface area (TPSA) is 150 Å². The van der Waals surface area contributed by atoms with E-state index in [2.05, 4.69) is 20.9 Å². The maximum Gasteiger partial charge on any atom is 0.412 e. The highest BCUT2D eigenvalue weighted by molar-refractivity contribution is 6.08. The molecular weight excluding hydrogens is 490 g/mol. The number of fused-ring (bicyclic) bond motifs is 2. The van der Waals surface area contributed by atoms with Gasteiger partial charge in [0.1, 0.15) is 17.3 Å². The average molecular weight is 518 g/mol. The third-order valence-electron chi connectivity index (χ3n) is 6.29. The van der Waals surface area contributed by atoms with Crippen LogP contribution in [0.1, 0.15) is 60.0 Å². The highest BCUT2D eigenvalue weighted by Crippen LogP contribution is 2.30. The number of H-pyrrole nitrogens is 1. The van der Waals surface area contributed by atoms with Crippen molar-refractivity contribution in [2.24, 2.45) is 0 Å². The van der Waals surface area contributed by atoms with Gasteiger partial charge in [0.05, 0.1) is 0 Å². The summed E-state index contributed by atoms with van der Waals surface area (Å²) in [6.45, 7) is 5.55. The molecule has 0 saturated carbocycles. The predicted molar refractivity (Wildman–Crippen MR) is 139 cm³/mol. The van der Waals surface area contributed by atoms with Crippen molar-refractivity contribution in [3.63, 3.8) is 0 Å². The Morgan fingerprint density at radius 2 is 1.74 bits per heavy atom.